The molecule has 0 bridgehead atoms. The molecule has 0 aliphatic rings. The third-order valence-corrected chi connectivity index (χ3v) is 4.44. The van der Waals surface area contributed by atoms with Crippen molar-refractivity contribution >= 4 is 23.2 Å². The van der Waals surface area contributed by atoms with E-state index in [0.29, 0.717) is 10.0 Å². The fraction of sp³-hybridized carbons (Fsp3) is 0.412. The van der Waals surface area contributed by atoms with Crippen LogP contribution in [0.2, 0.25) is 10.0 Å². The molecule has 2 rings (SSSR count). The summed E-state index contributed by atoms with van der Waals surface area (Å²) in [6, 6.07) is 5.85. The molecule has 1 unspecified atom stereocenters. The lowest BCUT2D eigenvalue weighted by atomic mass is 9.95. The van der Waals surface area contributed by atoms with Crippen molar-refractivity contribution in [3.8, 4) is 0 Å². The molecule has 0 radical (unpaired) electrons. The van der Waals surface area contributed by atoms with Crippen LogP contribution in [0.1, 0.15) is 41.2 Å². The molecule has 0 aliphatic carbocycles. The predicted molar refractivity (Wildman–Crippen MR) is 89.5 cm³/mol. The third-order valence-electron chi connectivity index (χ3n) is 3.86. The monoisotopic (exact) mass is 325 g/mol. The van der Waals surface area contributed by atoms with Gasteiger partial charge in [0, 0.05) is 21.7 Å². The summed E-state index contributed by atoms with van der Waals surface area (Å²) < 4.78 is 5.77. The van der Waals surface area contributed by atoms with Crippen molar-refractivity contribution in [1.82, 2.24) is 5.32 Å². The summed E-state index contributed by atoms with van der Waals surface area (Å²) in [6.07, 6.45) is 0.810. The Morgan fingerprint density at radius 3 is 2.38 bits per heavy atom. The molecule has 1 heterocycles. The number of hydrogen-bond acceptors (Lipinski definition) is 2. The second kappa shape index (κ2) is 6.87. The largest absolute Gasteiger partial charge is 0.466 e. The summed E-state index contributed by atoms with van der Waals surface area (Å²) in [6.45, 7) is 9.12. The van der Waals surface area contributed by atoms with Crippen LogP contribution in [0, 0.1) is 20.8 Å². The number of likely N-dealkylation sites (N-methyl/N-ethyl adjacent to an activating group) is 1. The molecular formula is C17H21Cl2NO. The van der Waals surface area contributed by atoms with Gasteiger partial charge < -0.3 is 9.73 Å². The molecule has 0 saturated heterocycles. The van der Waals surface area contributed by atoms with Gasteiger partial charge in [0.15, 0.2) is 0 Å². The predicted octanol–water partition coefficient (Wildman–Crippen LogP) is 5.40. The quantitative estimate of drug-likeness (QED) is 0.795. The van der Waals surface area contributed by atoms with E-state index in [0.717, 1.165) is 30.0 Å². The highest BCUT2D eigenvalue weighted by Gasteiger charge is 2.21. The molecule has 4 heteroatoms. The topological polar surface area (TPSA) is 25.2 Å². The van der Waals surface area contributed by atoms with Crippen molar-refractivity contribution in [1.29, 1.82) is 0 Å². The molecule has 1 aromatic carbocycles. The summed E-state index contributed by atoms with van der Waals surface area (Å²) in [5, 5.41) is 4.90. The maximum absolute atomic E-state index is 6.31. The first-order valence-corrected chi connectivity index (χ1v) is 7.93. The molecule has 0 fully saturated rings. The molecule has 114 valence electrons. The number of rotatable bonds is 5. The molecular weight excluding hydrogens is 305 g/mol. The number of hydrogen-bond donors (Lipinski definition) is 1. The maximum Gasteiger partial charge on any atom is 0.106 e. The van der Waals surface area contributed by atoms with Crippen molar-refractivity contribution in [2.75, 3.05) is 6.54 Å². The van der Waals surface area contributed by atoms with Crippen molar-refractivity contribution in [2.45, 2.75) is 40.2 Å². The Kier molecular flexibility index (Phi) is 5.37. The molecule has 1 atom stereocenters. The molecule has 2 aromatic rings. The van der Waals surface area contributed by atoms with Crippen LogP contribution in [-0.4, -0.2) is 6.54 Å². The fourth-order valence-corrected chi connectivity index (χ4v) is 3.24. The molecule has 0 spiro atoms. The van der Waals surface area contributed by atoms with Crippen molar-refractivity contribution in [2.24, 2.45) is 0 Å². The Balaban J connectivity index is 2.35. The highest BCUT2D eigenvalue weighted by atomic mass is 35.5. The second-order valence-electron chi connectivity index (χ2n) is 5.30. The smallest absolute Gasteiger partial charge is 0.106 e. The van der Waals surface area contributed by atoms with E-state index in [-0.39, 0.29) is 6.04 Å². The molecule has 2 nitrogen and oxygen atoms in total. The first kappa shape index (κ1) is 16.4. The Hall–Kier alpha value is -0.960. The Morgan fingerprint density at radius 2 is 1.86 bits per heavy atom. The number of furan rings is 1. The summed E-state index contributed by atoms with van der Waals surface area (Å²) >= 11 is 12.3. The lowest BCUT2D eigenvalue weighted by Crippen LogP contribution is -2.24. The van der Waals surface area contributed by atoms with E-state index in [1.54, 1.807) is 6.07 Å². The summed E-state index contributed by atoms with van der Waals surface area (Å²) in [7, 11) is 0. The first-order chi connectivity index (χ1) is 9.93. The lowest BCUT2D eigenvalue weighted by molar-refractivity contribution is 0.484. The van der Waals surface area contributed by atoms with E-state index in [1.165, 1.54) is 11.1 Å². The van der Waals surface area contributed by atoms with Crippen molar-refractivity contribution in [3.05, 3.63) is 56.5 Å². The van der Waals surface area contributed by atoms with Gasteiger partial charge in [-0.3, -0.25) is 0 Å². The number of nitrogens with one attached hydrogen (secondary N) is 1. The average Bonchev–Trinajstić information content (AvgIpc) is 2.66. The lowest BCUT2D eigenvalue weighted by Gasteiger charge is -2.19. The zero-order chi connectivity index (χ0) is 15.6. The fourth-order valence-electron chi connectivity index (χ4n) is 2.75. The van der Waals surface area contributed by atoms with Crippen LogP contribution in [0.4, 0.5) is 0 Å². The molecule has 0 saturated carbocycles. The number of halogens is 2. The van der Waals surface area contributed by atoms with Crippen LogP contribution in [0.25, 0.3) is 0 Å². The third kappa shape index (κ3) is 3.63. The number of benzene rings is 1. The number of aryl methyl sites for hydroxylation is 2. The molecule has 1 N–H and O–H groups in total. The SMILES string of the molecule is CCNC(Cc1ccc(Cl)cc1Cl)c1c(C)oc(C)c1C. The van der Waals surface area contributed by atoms with Gasteiger partial charge >= 0.3 is 0 Å². The van der Waals surface area contributed by atoms with Crippen LogP contribution in [-0.2, 0) is 6.42 Å². The van der Waals surface area contributed by atoms with Crippen LogP contribution < -0.4 is 5.32 Å². The molecule has 0 amide bonds. The highest BCUT2D eigenvalue weighted by molar-refractivity contribution is 6.35. The maximum atomic E-state index is 6.31. The molecule has 21 heavy (non-hydrogen) atoms. The van der Waals surface area contributed by atoms with E-state index in [4.69, 9.17) is 27.6 Å². The minimum absolute atomic E-state index is 0.186. The van der Waals surface area contributed by atoms with E-state index in [9.17, 15) is 0 Å². The first-order valence-electron chi connectivity index (χ1n) is 7.17. The van der Waals surface area contributed by atoms with Crippen molar-refractivity contribution in [3.63, 3.8) is 0 Å². The van der Waals surface area contributed by atoms with Gasteiger partial charge in [-0.15, -0.1) is 0 Å². The summed E-state index contributed by atoms with van der Waals surface area (Å²) in [5.74, 6) is 1.95. The summed E-state index contributed by atoms with van der Waals surface area (Å²) in [4.78, 5) is 0. The minimum Gasteiger partial charge on any atom is -0.466 e. The van der Waals surface area contributed by atoms with Gasteiger partial charge in [0.05, 0.1) is 0 Å². The summed E-state index contributed by atoms with van der Waals surface area (Å²) in [5.41, 5.74) is 3.54. The van der Waals surface area contributed by atoms with Gasteiger partial charge in [-0.25, -0.2) is 0 Å². The average molecular weight is 326 g/mol. The standard InChI is InChI=1S/C17H21Cl2NO/c1-5-20-16(17-10(2)11(3)21-12(17)4)8-13-6-7-14(18)9-15(13)19/h6-7,9,16,20H,5,8H2,1-4H3. The zero-order valence-corrected chi connectivity index (χ0v) is 14.4. The zero-order valence-electron chi connectivity index (χ0n) is 12.9. The Bertz CT molecular complexity index is 634. The normalized spacial score (nSPS) is 12.7. The van der Waals surface area contributed by atoms with Crippen LogP contribution >= 0.6 is 23.2 Å². The van der Waals surface area contributed by atoms with E-state index < -0.39 is 0 Å². The van der Waals surface area contributed by atoms with Gasteiger partial charge in [-0.1, -0.05) is 36.2 Å². The van der Waals surface area contributed by atoms with Crippen LogP contribution in [0.3, 0.4) is 0 Å². The van der Waals surface area contributed by atoms with E-state index in [2.05, 4.69) is 19.2 Å². The van der Waals surface area contributed by atoms with Gasteiger partial charge in [-0.2, -0.15) is 0 Å². The van der Waals surface area contributed by atoms with Gasteiger partial charge in [0.1, 0.15) is 11.5 Å². The Morgan fingerprint density at radius 1 is 1.14 bits per heavy atom. The van der Waals surface area contributed by atoms with Crippen LogP contribution in [0.5, 0.6) is 0 Å². The highest BCUT2D eigenvalue weighted by Crippen LogP contribution is 2.31. The van der Waals surface area contributed by atoms with E-state index in [1.807, 2.05) is 26.0 Å². The molecule has 1 aromatic heterocycles. The molecule has 0 aliphatic heterocycles. The van der Waals surface area contributed by atoms with Gasteiger partial charge in [0.25, 0.3) is 0 Å². The van der Waals surface area contributed by atoms with Crippen LogP contribution in [0.15, 0.2) is 22.6 Å². The van der Waals surface area contributed by atoms with E-state index >= 15 is 0 Å². The minimum atomic E-state index is 0.186. The van der Waals surface area contributed by atoms with Crippen molar-refractivity contribution < 1.29 is 4.42 Å². The van der Waals surface area contributed by atoms with Gasteiger partial charge in [0.2, 0.25) is 0 Å². The Labute approximate surface area is 136 Å². The van der Waals surface area contributed by atoms with Gasteiger partial charge in [-0.05, 0) is 57.0 Å². The second-order valence-corrected chi connectivity index (χ2v) is 6.15.